The summed E-state index contributed by atoms with van der Waals surface area (Å²) in [4.78, 5) is 11.6. The van der Waals surface area contributed by atoms with E-state index in [1.807, 2.05) is 0 Å². The molecule has 0 unspecified atom stereocenters. The lowest BCUT2D eigenvalue weighted by molar-refractivity contribution is -0.125. The van der Waals surface area contributed by atoms with Crippen LogP contribution in [0.3, 0.4) is 0 Å². The molecule has 0 atom stereocenters. The van der Waals surface area contributed by atoms with Gasteiger partial charge in [-0.1, -0.05) is 0 Å². The Hall–Kier alpha value is -0.660. The molecule has 0 aliphatic carbocycles. The molecule has 0 aromatic rings. The molecule has 1 saturated heterocycles. The topological polar surface area (TPSA) is 101 Å². The van der Waals surface area contributed by atoms with Crippen LogP contribution < -0.4 is 15.8 Å². The molecule has 1 fully saturated rings. The number of hydrogen-bond donors (Lipinski definition) is 3. The highest BCUT2D eigenvalue weighted by Crippen LogP contribution is 2.10. The first-order chi connectivity index (χ1) is 7.49. The fourth-order valence-corrected chi connectivity index (χ4v) is 2.26. The van der Waals surface area contributed by atoms with E-state index in [9.17, 15) is 13.2 Å². The third kappa shape index (κ3) is 5.43. The fourth-order valence-electron chi connectivity index (χ4n) is 1.71. The normalized spacial score (nSPS) is 18.3. The monoisotopic (exact) mass is 249 g/mol. The van der Waals surface area contributed by atoms with Crippen molar-refractivity contribution in [2.75, 3.05) is 25.4 Å². The van der Waals surface area contributed by atoms with Gasteiger partial charge in [0, 0.05) is 12.5 Å². The summed E-state index contributed by atoms with van der Waals surface area (Å²) >= 11 is 0. The number of hydrogen-bond acceptors (Lipinski definition) is 4. The second-order valence-electron chi connectivity index (χ2n) is 4.04. The van der Waals surface area contributed by atoms with Crippen molar-refractivity contribution in [2.24, 2.45) is 11.1 Å². The minimum absolute atomic E-state index is 0.0240. The predicted molar refractivity (Wildman–Crippen MR) is 61.2 cm³/mol. The van der Waals surface area contributed by atoms with Gasteiger partial charge in [-0.05, 0) is 32.4 Å². The van der Waals surface area contributed by atoms with Gasteiger partial charge in [0.25, 0.3) is 0 Å². The Morgan fingerprint density at radius 1 is 1.38 bits per heavy atom. The number of amides is 1. The number of rotatable bonds is 5. The van der Waals surface area contributed by atoms with Crippen molar-refractivity contribution < 1.29 is 13.2 Å². The molecule has 1 aliphatic rings. The zero-order chi connectivity index (χ0) is 12.0. The molecule has 0 saturated carbocycles. The molecule has 1 amide bonds. The Morgan fingerprint density at radius 2 is 2.00 bits per heavy atom. The predicted octanol–water partition coefficient (Wildman–Crippen LogP) is -1.22. The second-order valence-corrected chi connectivity index (χ2v) is 5.77. The van der Waals surface area contributed by atoms with Crippen LogP contribution in [0.4, 0.5) is 0 Å². The number of nitrogens with one attached hydrogen (secondary N) is 2. The highest BCUT2D eigenvalue weighted by molar-refractivity contribution is 7.89. The van der Waals surface area contributed by atoms with Crippen molar-refractivity contribution in [2.45, 2.75) is 19.3 Å². The molecule has 7 heteroatoms. The average molecular weight is 249 g/mol. The number of piperidine rings is 1. The largest absolute Gasteiger partial charge is 0.356 e. The molecule has 16 heavy (non-hydrogen) atoms. The molecule has 1 heterocycles. The Balaban J connectivity index is 2.14. The van der Waals surface area contributed by atoms with Crippen LogP contribution in [0.5, 0.6) is 0 Å². The van der Waals surface area contributed by atoms with E-state index in [1.165, 1.54) is 0 Å². The summed E-state index contributed by atoms with van der Waals surface area (Å²) in [7, 11) is -3.41. The third-order valence-corrected chi connectivity index (χ3v) is 3.47. The molecule has 0 bridgehead atoms. The first-order valence-electron chi connectivity index (χ1n) is 5.48. The van der Waals surface area contributed by atoms with E-state index in [-0.39, 0.29) is 17.6 Å². The second kappa shape index (κ2) is 6.17. The van der Waals surface area contributed by atoms with Gasteiger partial charge in [-0.25, -0.2) is 13.6 Å². The summed E-state index contributed by atoms with van der Waals surface area (Å²) in [5.74, 6) is 0.00567. The van der Waals surface area contributed by atoms with Gasteiger partial charge >= 0.3 is 0 Å². The van der Waals surface area contributed by atoms with E-state index in [0.717, 1.165) is 25.9 Å². The molecule has 4 N–H and O–H groups in total. The van der Waals surface area contributed by atoms with E-state index in [1.54, 1.807) is 0 Å². The molecule has 1 rings (SSSR count). The summed E-state index contributed by atoms with van der Waals surface area (Å²) in [5.41, 5.74) is 0. The van der Waals surface area contributed by atoms with E-state index in [2.05, 4.69) is 10.6 Å². The summed E-state index contributed by atoms with van der Waals surface area (Å²) < 4.78 is 21.3. The Bertz CT molecular complexity index is 323. The lowest BCUT2D eigenvalue weighted by Crippen LogP contribution is -2.38. The Morgan fingerprint density at radius 3 is 2.56 bits per heavy atom. The smallest absolute Gasteiger partial charge is 0.223 e. The van der Waals surface area contributed by atoms with Crippen LogP contribution in [0.1, 0.15) is 19.3 Å². The first-order valence-corrected chi connectivity index (χ1v) is 7.19. The van der Waals surface area contributed by atoms with E-state index in [4.69, 9.17) is 5.14 Å². The van der Waals surface area contributed by atoms with E-state index < -0.39 is 10.0 Å². The van der Waals surface area contributed by atoms with Gasteiger partial charge < -0.3 is 10.6 Å². The summed E-state index contributed by atoms with van der Waals surface area (Å²) in [5, 5.41) is 10.8. The summed E-state index contributed by atoms with van der Waals surface area (Å²) in [6, 6.07) is 0. The van der Waals surface area contributed by atoms with Crippen molar-refractivity contribution >= 4 is 15.9 Å². The maximum atomic E-state index is 11.6. The van der Waals surface area contributed by atoms with Crippen LogP contribution in [0, 0.1) is 5.92 Å². The number of carbonyl (C=O) groups excluding carboxylic acids is 1. The van der Waals surface area contributed by atoms with Gasteiger partial charge in [-0.2, -0.15) is 0 Å². The molecular weight excluding hydrogens is 230 g/mol. The maximum absolute atomic E-state index is 11.6. The van der Waals surface area contributed by atoms with Crippen LogP contribution in [0.25, 0.3) is 0 Å². The first kappa shape index (κ1) is 13.4. The van der Waals surface area contributed by atoms with Crippen molar-refractivity contribution in [3.63, 3.8) is 0 Å². The van der Waals surface area contributed by atoms with E-state index in [0.29, 0.717) is 13.0 Å². The molecule has 0 aromatic carbocycles. The summed E-state index contributed by atoms with van der Waals surface area (Å²) in [6.07, 6.45) is 2.07. The van der Waals surface area contributed by atoms with Crippen LogP contribution in [-0.2, 0) is 14.8 Å². The SMILES string of the molecule is NS(=O)(=O)CCCNC(=O)C1CCNCC1. The molecule has 0 spiro atoms. The third-order valence-electron chi connectivity index (χ3n) is 2.61. The van der Waals surface area contributed by atoms with Gasteiger partial charge in [-0.15, -0.1) is 0 Å². The quantitative estimate of drug-likeness (QED) is 0.532. The highest BCUT2D eigenvalue weighted by atomic mass is 32.2. The number of nitrogens with two attached hydrogens (primary N) is 1. The van der Waals surface area contributed by atoms with Crippen LogP contribution in [-0.4, -0.2) is 39.7 Å². The lowest BCUT2D eigenvalue weighted by atomic mass is 9.97. The van der Waals surface area contributed by atoms with Gasteiger partial charge in [0.1, 0.15) is 0 Å². The molecule has 0 aromatic heterocycles. The maximum Gasteiger partial charge on any atom is 0.223 e. The van der Waals surface area contributed by atoms with Gasteiger partial charge in [0.05, 0.1) is 5.75 Å². The minimum Gasteiger partial charge on any atom is -0.356 e. The molecule has 1 aliphatic heterocycles. The molecule has 6 nitrogen and oxygen atoms in total. The summed E-state index contributed by atoms with van der Waals surface area (Å²) in [6.45, 7) is 2.11. The van der Waals surface area contributed by atoms with Crippen LogP contribution in [0.2, 0.25) is 0 Å². The van der Waals surface area contributed by atoms with Gasteiger partial charge in [0.15, 0.2) is 0 Å². The lowest BCUT2D eigenvalue weighted by Gasteiger charge is -2.21. The zero-order valence-electron chi connectivity index (χ0n) is 9.24. The highest BCUT2D eigenvalue weighted by Gasteiger charge is 2.20. The Labute approximate surface area is 96.0 Å². The average Bonchev–Trinajstić information content (AvgIpc) is 2.24. The number of sulfonamides is 1. The molecular formula is C9H19N3O3S. The van der Waals surface area contributed by atoms with Crippen molar-refractivity contribution in [3.05, 3.63) is 0 Å². The molecule has 0 radical (unpaired) electrons. The fraction of sp³-hybridized carbons (Fsp3) is 0.889. The number of carbonyl (C=O) groups is 1. The standard InChI is InChI=1S/C9H19N3O3S/c10-16(14,15)7-1-4-12-9(13)8-2-5-11-6-3-8/h8,11H,1-7H2,(H,12,13)(H2,10,14,15). The van der Waals surface area contributed by atoms with Crippen molar-refractivity contribution in [3.8, 4) is 0 Å². The van der Waals surface area contributed by atoms with Crippen molar-refractivity contribution in [1.29, 1.82) is 0 Å². The van der Waals surface area contributed by atoms with Crippen LogP contribution >= 0.6 is 0 Å². The zero-order valence-corrected chi connectivity index (χ0v) is 10.1. The minimum atomic E-state index is -3.41. The van der Waals surface area contributed by atoms with Crippen LogP contribution in [0.15, 0.2) is 0 Å². The van der Waals surface area contributed by atoms with Gasteiger partial charge in [0.2, 0.25) is 15.9 Å². The Kier molecular flexibility index (Phi) is 5.17. The number of primary sulfonamides is 1. The van der Waals surface area contributed by atoms with Crippen molar-refractivity contribution in [1.82, 2.24) is 10.6 Å². The molecule has 94 valence electrons. The van der Waals surface area contributed by atoms with Gasteiger partial charge in [-0.3, -0.25) is 4.79 Å². The van der Waals surface area contributed by atoms with E-state index >= 15 is 0 Å².